The summed E-state index contributed by atoms with van der Waals surface area (Å²) >= 11 is 0. The molecule has 0 spiro atoms. The Hall–Kier alpha value is -0.0400. The molecule has 0 rings (SSSR count). The topological polar surface area (TPSA) is 9.23 Å². The molecule has 10 heavy (non-hydrogen) atoms. The van der Waals surface area contributed by atoms with Gasteiger partial charge in [0, 0.05) is 7.11 Å². The van der Waals surface area contributed by atoms with Crippen LogP contribution in [0.15, 0.2) is 0 Å². The first-order chi connectivity index (χ1) is 4.72. The van der Waals surface area contributed by atoms with Crippen LogP contribution in [0.1, 0.15) is 41.0 Å². The SMILES string of the molecule is CC.CCC(OC)C(C)C. The minimum absolute atomic E-state index is 0.454. The second kappa shape index (κ2) is 8.96. The lowest BCUT2D eigenvalue weighted by Gasteiger charge is -2.15. The van der Waals surface area contributed by atoms with Gasteiger partial charge in [-0.3, -0.25) is 0 Å². The van der Waals surface area contributed by atoms with Gasteiger partial charge in [0.15, 0.2) is 0 Å². The second-order valence-corrected chi connectivity index (χ2v) is 2.43. The van der Waals surface area contributed by atoms with E-state index in [-0.39, 0.29) is 0 Å². The Morgan fingerprint density at radius 1 is 1.20 bits per heavy atom. The average Bonchev–Trinajstić information content (AvgIpc) is 1.94. The van der Waals surface area contributed by atoms with Crippen molar-refractivity contribution in [3.05, 3.63) is 0 Å². The molecule has 0 aromatic rings. The average molecular weight is 146 g/mol. The molecule has 0 heterocycles. The van der Waals surface area contributed by atoms with Gasteiger partial charge in [0.05, 0.1) is 6.10 Å². The minimum atomic E-state index is 0.454. The molecule has 64 valence electrons. The number of hydrogen-bond acceptors (Lipinski definition) is 1. The lowest BCUT2D eigenvalue weighted by molar-refractivity contribution is 0.0621. The highest BCUT2D eigenvalue weighted by Crippen LogP contribution is 2.07. The molecule has 0 amide bonds. The first-order valence-corrected chi connectivity index (χ1v) is 4.25. The zero-order valence-corrected chi connectivity index (χ0v) is 8.27. The van der Waals surface area contributed by atoms with E-state index in [4.69, 9.17) is 4.74 Å². The van der Waals surface area contributed by atoms with Gasteiger partial charge in [-0.1, -0.05) is 34.6 Å². The van der Waals surface area contributed by atoms with Crippen LogP contribution in [0.25, 0.3) is 0 Å². The highest BCUT2D eigenvalue weighted by atomic mass is 16.5. The molecule has 0 aliphatic carbocycles. The Balaban J connectivity index is 0. The van der Waals surface area contributed by atoms with Crippen molar-refractivity contribution < 1.29 is 4.74 Å². The lowest BCUT2D eigenvalue weighted by atomic mass is 10.1. The van der Waals surface area contributed by atoms with E-state index in [9.17, 15) is 0 Å². The predicted octanol–water partition coefficient (Wildman–Crippen LogP) is 3.09. The van der Waals surface area contributed by atoms with Crippen molar-refractivity contribution in [2.24, 2.45) is 5.92 Å². The van der Waals surface area contributed by atoms with Gasteiger partial charge in [0.1, 0.15) is 0 Å². The molecule has 1 nitrogen and oxygen atoms in total. The first kappa shape index (κ1) is 12.6. The Labute approximate surface area is 65.8 Å². The predicted molar refractivity (Wildman–Crippen MR) is 47.3 cm³/mol. The Morgan fingerprint density at radius 3 is 1.60 bits per heavy atom. The molecule has 0 N–H and O–H groups in total. The monoisotopic (exact) mass is 146 g/mol. The van der Waals surface area contributed by atoms with E-state index in [0.29, 0.717) is 12.0 Å². The fourth-order valence-corrected chi connectivity index (χ4v) is 0.910. The zero-order valence-electron chi connectivity index (χ0n) is 8.27. The third-order valence-corrected chi connectivity index (χ3v) is 1.45. The van der Waals surface area contributed by atoms with Crippen molar-refractivity contribution in [1.82, 2.24) is 0 Å². The molecule has 0 fully saturated rings. The van der Waals surface area contributed by atoms with E-state index in [2.05, 4.69) is 20.8 Å². The fourth-order valence-electron chi connectivity index (χ4n) is 0.910. The zero-order chi connectivity index (χ0) is 8.57. The van der Waals surface area contributed by atoms with Gasteiger partial charge in [-0.15, -0.1) is 0 Å². The largest absolute Gasteiger partial charge is 0.381 e. The summed E-state index contributed by atoms with van der Waals surface area (Å²) in [5, 5.41) is 0. The van der Waals surface area contributed by atoms with E-state index in [1.54, 1.807) is 7.11 Å². The Bertz CT molecular complexity index is 46.7. The lowest BCUT2D eigenvalue weighted by Crippen LogP contribution is -2.15. The third kappa shape index (κ3) is 6.09. The summed E-state index contributed by atoms with van der Waals surface area (Å²) in [6.07, 6.45) is 1.57. The van der Waals surface area contributed by atoms with Crippen LogP contribution >= 0.6 is 0 Å². The van der Waals surface area contributed by atoms with Gasteiger partial charge in [0.2, 0.25) is 0 Å². The van der Waals surface area contributed by atoms with Crippen LogP contribution in [0, 0.1) is 5.92 Å². The van der Waals surface area contributed by atoms with Crippen LogP contribution in [0.5, 0.6) is 0 Å². The number of methoxy groups -OCH3 is 1. The maximum absolute atomic E-state index is 5.16. The summed E-state index contributed by atoms with van der Waals surface area (Å²) in [4.78, 5) is 0. The van der Waals surface area contributed by atoms with E-state index in [0.717, 1.165) is 6.42 Å². The van der Waals surface area contributed by atoms with Crippen molar-refractivity contribution in [2.45, 2.75) is 47.1 Å². The van der Waals surface area contributed by atoms with Gasteiger partial charge < -0.3 is 4.74 Å². The van der Waals surface area contributed by atoms with Gasteiger partial charge in [0.25, 0.3) is 0 Å². The van der Waals surface area contributed by atoms with Crippen LogP contribution in [0.2, 0.25) is 0 Å². The highest BCUT2D eigenvalue weighted by molar-refractivity contribution is 4.57. The van der Waals surface area contributed by atoms with Crippen LogP contribution in [0.4, 0.5) is 0 Å². The molecule has 0 aromatic heterocycles. The van der Waals surface area contributed by atoms with E-state index in [1.165, 1.54) is 0 Å². The summed E-state index contributed by atoms with van der Waals surface area (Å²) in [5.41, 5.74) is 0. The second-order valence-electron chi connectivity index (χ2n) is 2.43. The normalized spacial score (nSPS) is 12.3. The van der Waals surface area contributed by atoms with Crippen LogP contribution in [-0.2, 0) is 4.74 Å². The molecule has 1 heteroatoms. The maximum Gasteiger partial charge on any atom is 0.0591 e. The minimum Gasteiger partial charge on any atom is -0.381 e. The molecule has 1 unspecified atom stereocenters. The Morgan fingerprint density at radius 2 is 1.60 bits per heavy atom. The molecular weight excluding hydrogens is 124 g/mol. The summed E-state index contributed by atoms with van der Waals surface area (Å²) < 4.78 is 5.16. The molecule has 0 aliphatic heterocycles. The van der Waals surface area contributed by atoms with Gasteiger partial charge in [-0.05, 0) is 12.3 Å². The maximum atomic E-state index is 5.16. The standard InChI is InChI=1S/C7H16O.C2H6/c1-5-7(8-4)6(2)3;1-2/h6-7H,5H2,1-4H3;1-2H3. The molecule has 0 aliphatic rings. The van der Waals surface area contributed by atoms with Crippen molar-refractivity contribution in [2.75, 3.05) is 7.11 Å². The van der Waals surface area contributed by atoms with Crippen molar-refractivity contribution in [1.29, 1.82) is 0 Å². The molecule has 0 saturated heterocycles. The van der Waals surface area contributed by atoms with E-state index in [1.807, 2.05) is 13.8 Å². The molecule has 1 atom stereocenters. The van der Waals surface area contributed by atoms with Crippen LogP contribution in [-0.4, -0.2) is 13.2 Å². The van der Waals surface area contributed by atoms with Gasteiger partial charge in [-0.25, -0.2) is 0 Å². The number of ether oxygens (including phenoxy) is 1. The summed E-state index contributed by atoms with van der Waals surface area (Å²) in [5.74, 6) is 0.657. The molecular formula is C9H22O. The third-order valence-electron chi connectivity index (χ3n) is 1.45. The molecule has 0 saturated carbocycles. The summed E-state index contributed by atoms with van der Waals surface area (Å²) in [6, 6.07) is 0. The number of hydrogen-bond donors (Lipinski definition) is 0. The fraction of sp³-hybridized carbons (Fsp3) is 1.00. The molecule has 0 radical (unpaired) electrons. The van der Waals surface area contributed by atoms with Crippen molar-refractivity contribution >= 4 is 0 Å². The smallest absolute Gasteiger partial charge is 0.0591 e. The summed E-state index contributed by atoms with van der Waals surface area (Å²) in [7, 11) is 1.77. The Kier molecular flexibility index (Phi) is 11.3. The van der Waals surface area contributed by atoms with E-state index < -0.39 is 0 Å². The van der Waals surface area contributed by atoms with Crippen LogP contribution < -0.4 is 0 Å². The summed E-state index contributed by atoms with van der Waals surface area (Å²) in [6.45, 7) is 10.5. The quantitative estimate of drug-likeness (QED) is 0.594. The van der Waals surface area contributed by atoms with E-state index >= 15 is 0 Å². The molecule has 0 aromatic carbocycles. The van der Waals surface area contributed by atoms with Crippen molar-refractivity contribution in [3.63, 3.8) is 0 Å². The van der Waals surface area contributed by atoms with Gasteiger partial charge in [-0.2, -0.15) is 0 Å². The number of rotatable bonds is 3. The molecule has 0 bridgehead atoms. The van der Waals surface area contributed by atoms with Gasteiger partial charge >= 0.3 is 0 Å². The van der Waals surface area contributed by atoms with Crippen LogP contribution in [0.3, 0.4) is 0 Å². The van der Waals surface area contributed by atoms with Crippen molar-refractivity contribution in [3.8, 4) is 0 Å². The first-order valence-electron chi connectivity index (χ1n) is 4.25. The highest BCUT2D eigenvalue weighted by Gasteiger charge is 2.07.